The van der Waals surface area contributed by atoms with E-state index in [-0.39, 0.29) is 24.8 Å². The summed E-state index contributed by atoms with van der Waals surface area (Å²) in [5.74, 6) is 1.04. The van der Waals surface area contributed by atoms with E-state index in [9.17, 15) is 0 Å². The van der Waals surface area contributed by atoms with Crippen LogP contribution in [0.3, 0.4) is 0 Å². The van der Waals surface area contributed by atoms with Crippen LogP contribution < -0.4 is 10.2 Å². The van der Waals surface area contributed by atoms with Gasteiger partial charge in [0.2, 0.25) is 0 Å². The molecule has 1 N–H and O–H groups in total. The van der Waals surface area contributed by atoms with Crippen molar-refractivity contribution in [2.45, 2.75) is 13.0 Å². The molecule has 15 heavy (non-hydrogen) atoms. The minimum Gasteiger partial charge on any atom is -0.353 e. The van der Waals surface area contributed by atoms with Gasteiger partial charge >= 0.3 is 0 Å². The molecule has 0 aromatic carbocycles. The van der Waals surface area contributed by atoms with Gasteiger partial charge in [0.05, 0.1) is 0 Å². The molecule has 86 valence electrons. The van der Waals surface area contributed by atoms with Crippen LogP contribution in [0, 0.1) is 6.92 Å². The monoisotopic (exact) mass is 250 g/mol. The van der Waals surface area contributed by atoms with Crippen molar-refractivity contribution in [3.8, 4) is 0 Å². The molecule has 2 heterocycles. The van der Waals surface area contributed by atoms with Gasteiger partial charge in [0.15, 0.2) is 0 Å². The van der Waals surface area contributed by atoms with E-state index in [4.69, 9.17) is 0 Å². The Hall–Kier alpha value is -0.580. The van der Waals surface area contributed by atoms with Crippen LogP contribution in [0.5, 0.6) is 0 Å². The minimum absolute atomic E-state index is 0. The number of nitrogens with one attached hydrogen (secondary N) is 1. The van der Waals surface area contributed by atoms with E-state index >= 15 is 0 Å². The Morgan fingerprint density at radius 3 is 2.53 bits per heavy atom. The zero-order valence-electron chi connectivity index (χ0n) is 8.80. The van der Waals surface area contributed by atoms with Crippen molar-refractivity contribution >= 4 is 30.6 Å². The van der Waals surface area contributed by atoms with Crippen molar-refractivity contribution in [2.24, 2.45) is 0 Å². The summed E-state index contributed by atoms with van der Waals surface area (Å²) in [4.78, 5) is 10.5. The predicted molar refractivity (Wildman–Crippen MR) is 66.3 cm³/mol. The second kappa shape index (κ2) is 6.10. The number of aromatic nitrogens is 2. The molecule has 0 atom stereocenters. The second-order valence-electron chi connectivity index (χ2n) is 3.41. The van der Waals surface area contributed by atoms with Crippen molar-refractivity contribution in [1.29, 1.82) is 0 Å². The summed E-state index contributed by atoms with van der Waals surface area (Å²) in [6.07, 6.45) is 1.62. The SMILES string of the molecule is CNC1CN(c2cc(C)ncn2)C1.Cl.Cl. The van der Waals surface area contributed by atoms with Crippen LogP contribution in [-0.4, -0.2) is 36.1 Å². The number of aryl methyl sites for hydroxylation is 1. The molecule has 0 aliphatic carbocycles. The van der Waals surface area contributed by atoms with Crippen molar-refractivity contribution in [3.05, 3.63) is 18.1 Å². The Labute approximate surface area is 102 Å². The molecule has 0 radical (unpaired) electrons. The fraction of sp³-hybridized carbons (Fsp3) is 0.556. The predicted octanol–water partition coefficient (Wildman–Crippen LogP) is 1.04. The zero-order chi connectivity index (χ0) is 9.26. The van der Waals surface area contributed by atoms with Crippen molar-refractivity contribution < 1.29 is 0 Å². The van der Waals surface area contributed by atoms with Crippen LogP contribution in [0.1, 0.15) is 5.69 Å². The number of halogens is 2. The van der Waals surface area contributed by atoms with Crippen molar-refractivity contribution in [3.63, 3.8) is 0 Å². The van der Waals surface area contributed by atoms with Gasteiger partial charge in [-0.15, -0.1) is 24.8 Å². The summed E-state index contributed by atoms with van der Waals surface area (Å²) >= 11 is 0. The van der Waals surface area contributed by atoms with Crippen molar-refractivity contribution in [1.82, 2.24) is 15.3 Å². The van der Waals surface area contributed by atoms with Gasteiger partial charge < -0.3 is 10.2 Å². The quantitative estimate of drug-likeness (QED) is 0.852. The van der Waals surface area contributed by atoms with Gasteiger partial charge in [-0.2, -0.15) is 0 Å². The number of likely N-dealkylation sites (N-methyl/N-ethyl adjacent to an activating group) is 1. The van der Waals surface area contributed by atoms with E-state index < -0.39 is 0 Å². The summed E-state index contributed by atoms with van der Waals surface area (Å²) in [6, 6.07) is 2.64. The highest BCUT2D eigenvalue weighted by molar-refractivity contribution is 5.85. The van der Waals surface area contributed by atoms with E-state index in [1.54, 1.807) is 6.33 Å². The molecule has 1 saturated heterocycles. The normalized spacial score (nSPS) is 14.9. The lowest BCUT2D eigenvalue weighted by molar-refractivity contribution is 0.447. The molecule has 1 aromatic heterocycles. The molecule has 0 saturated carbocycles. The van der Waals surface area contributed by atoms with Gasteiger partial charge in [-0.05, 0) is 14.0 Å². The first kappa shape index (κ1) is 14.4. The first-order valence-electron chi connectivity index (χ1n) is 4.50. The molecular formula is C9H16Cl2N4. The first-order chi connectivity index (χ1) is 6.29. The number of nitrogens with zero attached hydrogens (tertiary/aromatic N) is 3. The number of rotatable bonds is 2. The Balaban J connectivity index is 0.000000980. The molecule has 1 aliphatic heterocycles. The highest BCUT2D eigenvalue weighted by Gasteiger charge is 2.25. The Kier molecular flexibility index (Phi) is 5.87. The maximum absolute atomic E-state index is 4.22. The summed E-state index contributed by atoms with van der Waals surface area (Å²) in [7, 11) is 1.99. The molecule has 1 fully saturated rings. The Bertz CT molecular complexity index is 302. The molecule has 0 spiro atoms. The lowest BCUT2D eigenvalue weighted by Gasteiger charge is -2.39. The van der Waals surface area contributed by atoms with Gasteiger partial charge in [-0.1, -0.05) is 0 Å². The molecule has 2 rings (SSSR count). The van der Waals surface area contributed by atoms with Crippen LogP contribution in [0.25, 0.3) is 0 Å². The third-order valence-corrected chi connectivity index (χ3v) is 2.40. The van der Waals surface area contributed by atoms with E-state index in [0.717, 1.165) is 24.6 Å². The molecule has 0 unspecified atom stereocenters. The maximum Gasteiger partial charge on any atom is 0.132 e. The fourth-order valence-corrected chi connectivity index (χ4v) is 1.46. The molecule has 6 heteroatoms. The first-order valence-corrected chi connectivity index (χ1v) is 4.50. The third-order valence-electron chi connectivity index (χ3n) is 2.40. The smallest absolute Gasteiger partial charge is 0.132 e. The van der Waals surface area contributed by atoms with Gasteiger partial charge in [0.25, 0.3) is 0 Å². The van der Waals surface area contributed by atoms with Crippen LogP contribution in [0.4, 0.5) is 5.82 Å². The molecule has 1 aliphatic rings. The maximum atomic E-state index is 4.22. The summed E-state index contributed by atoms with van der Waals surface area (Å²) in [5, 5.41) is 3.23. The van der Waals surface area contributed by atoms with Crippen molar-refractivity contribution in [2.75, 3.05) is 25.0 Å². The Morgan fingerprint density at radius 1 is 1.33 bits per heavy atom. The van der Waals surface area contributed by atoms with E-state index in [1.807, 2.05) is 20.0 Å². The summed E-state index contributed by atoms with van der Waals surface area (Å²) < 4.78 is 0. The average molecular weight is 251 g/mol. The lowest BCUT2D eigenvalue weighted by Crippen LogP contribution is -2.57. The molecule has 0 amide bonds. The minimum atomic E-state index is 0. The largest absolute Gasteiger partial charge is 0.353 e. The Morgan fingerprint density at radius 2 is 2.00 bits per heavy atom. The highest BCUT2D eigenvalue weighted by atomic mass is 35.5. The standard InChI is InChI=1S/C9H14N4.2ClH/c1-7-3-9(12-6-11-7)13-4-8(5-13)10-2;;/h3,6,8,10H,4-5H2,1-2H3;2*1H. The highest BCUT2D eigenvalue weighted by Crippen LogP contribution is 2.17. The number of hydrogen-bond donors (Lipinski definition) is 1. The summed E-state index contributed by atoms with van der Waals surface area (Å²) in [6.45, 7) is 4.08. The molecule has 1 aromatic rings. The van der Waals surface area contributed by atoms with Crippen LogP contribution in [-0.2, 0) is 0 Å². The fourth-order valence-electron chi connectivity index (χ4n) is 1.46. The zero-order valence-corrected chi connectivity index (χ0v) is 10.4. The molecular weight excluding hydrogens is 235 g/mol. The number of anilines is 1. The van der Waals surface area contributed by atoms with E-state index in [1.165, 1.54) is 0 Å². The van der Waals surface area contributed by atoms with Crippen LogP contribution >= 0.6 is 24.8 Å². The lowest BCUT2D eigenvalue weighted by atomic mass is 10.1. The second-order valence-corrected chi connectivity index (χ2v) is 3.41. The number of hydrogen-bond acceptors (Lipinski definition) is 4. The van der Waals surface area contributed by atoms with E-state index in [2.05, 4.69) is 20.2 Å². The molecule has 0 bridgehead atoms. The van der Waals surface area contributed by atoms with Gasteiger partial charge in [0.1, 0.15) is 12.1 Å². The summed E-state index contributed by atoms with van der Waals surface area (Å²) in [5.41, 5.74) is 1.03. The van der Waals surface area contributed by atoms with Gasteiger partial charge in [-0.3, -0.25) is 0 Å². The van der Waals surface area contributed by atoms with E-state index in [0.29, 0.717) is 6.04 Å². The topological polar surface area (TPSA) is 41.0 Å². The van der Waals surface area contributed by atoms with Gasteiger partial charge in [0, 0.05) is 30.9 Å². The van der Waals surface area contributed by atoms with Gasteiger partial charge in [-0.25, -0.2) is 9.97 Å². The average Bonchev–Trinajstić information content (AvgIpc) is 2.02. The molecule has 4 nitrogen and oxygen atoms in total. The van der Waals surface area contributed by atoms with Crippen LogP contribution in [0.15, 0.2) is 12.4 Å². The third kappa shape index (κ3) is 3.19. The van der Waals surface area contributed by atoms with Crippen LogP contribution in [0.2, 0.25) is 0 Å².